The SMILES string of the molecule is COc1cccc(N2C[C@@H](C(=O)O[C@H](C)C(=O)c3ccc(C)cc3)CC2=O)c1. The molecule has 28 heavy (non-hydrogen) atoms. The molecule has 6 nitrogen and oxygen atoms in total. The van der Waals surface area contributed by atoms with Crippen LogP contribution in [0.25, 0.3) is 0 Å². The average molecular weight is 381 g/mol. The minimum atomic E-state index is -0.906. The summed E-state index contributed by atoms with van der Waals surface area (Å²) in [6, 6.07) is 14.2. The molecule has 2 aromatic rings. The van der Waals surface area contributed by atoms with Crippen LogP contribution in [-0.2, 0) is 14.3 Å². The van der Waals surface area contributed by atoms with E-state index in [1.165, 1.54) is 0 Å². The Morgan fingerprint density at radius 1 is 1.14 bits per heavy atom. The van der Waals surface area contributed by atoms with Gasteiger partial charge in [-0.3, -0.25) is 14.4 Å². The maximum absolute atomic E-state index is 12.5. The van der Waals surface area contributed by atoms with E-state index < -0.39 is 18.0 Å². The van der Waals surface area contributed by atoms with Crippen LogP contribution < -0.4 is 9.64 Å². The van der Waals surface area contributed by atoms with Crippen molar-refractivity contribution in [3.63, 3.8) is 0 Å². The van der Waals surface area contributed by atoms with Crippen molar-refractivity contribution in [2.45, 2.75) is 26.4 Å². The molecule has 2 atom stereocenters. The highest BCUT2D eigenvalue weighted by Gasteiger charge is 2.37. The summed E-state index contributed by atoms with van der Waals surface area (Å²) in [6.07, 6.45) is -0.849. The number of carbonyl (C=O) groups excluding carboxylic acids is 3. The van der Waals surface area contributed by atoms with Gasteiger partial charge in [0.15, 0.2) is 6.10 Å². The number of nitrogens with zero attached hydrogens (tertiary/aromatic N) is 1. The molecule has 1 amide bonds. The first-order valence-electron chi connectivity index (χ1n) is 9.15. The molecular weight excluding hydrogens is 358 g/mol. The van der Waals surface area contributed by atoms with Gasteiger partial charge in [0.1, 0.15) is 5.75 Å². The molecule has 1 saturated heterocycles. The van der Waals surface area contributed by atoms with Crippen molar-refractivity contribution in [3.05, 3.63) is 59.7 Å². The summed E-state index contributed by atoms with van der Waals surface area (Å²) in [5.74, 6) is -0.928. The first kappa shape index (κ1) is 19.6. The predicted molar refractivity (Wildman–Crippen MR) is 105 cm³/mol. The van der Waals surface area contributed by atoms with Crippen LogP contribution in [0.5, 0.6) is 5.75 Å². The third-order valence-electron chi connectivity index (χ3n) is 4.82. The van der Waals surface area contributed by atoms with Crippen molar-refractivity contribution >= 4 is 23.3 Å². The van der Waals surface area contributed by atoms with Gasteiger partial charge in [0.25, 0.3) is 0 Å². The number of Topliss-reactive ketones (excluding diaryl/α,β-unsaturated/α-hetero) is 1. The Morgan fingerprint density at radius 3 is 2.54 bits per heavy atom. The van der Waals surface area contributed by atoms with Crippen molar-refractivity contribution in [3.8, 4) is 5.75 Å². The normalized spacial score (nSPS) is 17.3. The Balaban J connectivity index is 1.64. The number of hydrogen-bond donors (Lipinski definition) is 0. The Labute approximate surface area is 164 Å². The van der Waals surface area contributed by atoms with E-state index in [0.717, 1.165) is 5.56 Å². The van der Waals surface area contributed by atoms with Gasteiger partial charge in [-0.25, -0.2) is 0 Å². The molecule has 6 heteroatoms. The molecule has 0 unspecified atom stereocenters. The van der Waals surface area contributed by atoms with Crippen molar-refractivity contribution in [1.29, 1.82) is 0 Å². The minimum Gasteiger partial charge on any atom is -0.497 e. The van der Waals surface area contributed by atoms with Crippen LogP contribution in [0.2, 0.25) is 0 Å². The number of anilines is 1. The smallest absolute Gasteiger partial charge is 0.312 e. The lowest BCUT2D eigenvalue weighted by atomic mass is 10.1. The number of hydrogen-bond acceptors (Lipinski definition) is 5. The second-order valence-corrected chi connectivity index (χ2v) is 6.92. The van der Waals surface area contributed by atoms with E-state index in [-0.39, 0.29) is 24.7 Å². The molecule has 1 heterocycles. The highest BCUT2D eigenvalue weighted by atomic mass is 16.5. The van der Waals surface area contributed by atoms with E-state index in [1.807, 2.05) is 19.1 Å². The largest absolute Gasteiger partial charge is 0.497 e. The molecule has 0 spiro atoms. The zero-order chi connectivity index (χ0) is 20.3. The fourth-order valence-corrected chi connectivity index (χ4v) is 3.17. The number of esters is 1. The Kier molecular flexibility index (Phi) is 5.78. The Bertz CT molecular complexity index is 890. The second-order valence-electron chi connectivity index (χ2n) is 6.92. The molecule has 0 aromatic heterocycles. The average Bonchev–Trinajstić information content (AvgIpc) is 3.10. The van der Waals surface area contributed by atoms with Gasteiger partial charge in [-0.1, -0.05) is 35.9 Å². The van der Waals surface area contributed by atoms with Crippen LogP contribution >= 0.6 is 0 Å². The lowest BCUT2D eigenvalue weighted by Gasteiger charge is -2.18. The second kappa shape index (κ2) is 8.25. The fraction of sp³-hybridized carbons (Fsp3) is 0.318. The third kappa shape index (κ3) is 4.22. The van der Waals surface area contributed by atoms with Gasteiger partial charge < -0.3 is 14.4 Å². The van der Waals surface area contributed by atoms with Crippen LogP contribution in [0, 0.1) is 12.8 Å². The summed E-state index contributed by atoms with van der Waals surface area (Å²) in [7, 11) is 1.55. The van der Waals surface area contributed by atoms with Gasteiger partial charge >= 0.3 is 5.97 Å². The summed E-state index contributed by atoms with van der Waals surface area (Å²) < 4.78 is 10.6. The fourth-order valence-electron chi connectivity index (χ4n) is 3.17. The number of methoxy groups -OCH3 is 1. The summed E-state index contributed by atoms with van der Waals surface area (Å²) in [6.45, 7) is 3.70. The number of ether oxygens (including phenoxy) is 2. The Hall–Kier alpha value is -3.15. The molecule has 0 radical (unpaired) electrons. The lowest BCUT2D eigenvalue weighted by Crippen LogP contribution is -2.30. The molecule has 1 fully saturated rings. The van der Waals surface area contributed by atoms with E-state index in [0.29, 0.717) is 17.0 Å². The van der Waals surface area contributed by atoms with Gasteiger partial charge in [-0.15, -0.1) is 0 Å². The number of carbonyl (C=O) groups is 3. The molecular formula is C22H23NO5. The monoisotopic (exact) mass is 381 g/mol. The maximum atomic E-state index is 12.5. The Morgan fingerprint density at radius 2 is 1.86 bits per heavy atom. The summed E-state index contributed by atoms with van der Waals surface area (Å²) in [5.41, 5.74) is 2.21. The number of benzene rings is 2. The topological polar surface area (TPSA) is 72.9 Å². The van der Waals surface area contributed by atoms with Crippen molar-refractivity contribution in [2.75, 3.05) is 18.6 Å². The zero-order valence-corrected chi connectivity index (χ0v) is 16.2. The number of amides is 1. The van der Waals surface area contributed by atoms with Crippen LogP contribution in [0.3, 0.4) is 0 Å². The van der Waals surface area contributed by atoms with E-state index >= 15 is 0 Å². The first-order valence-corrected chi connectivity index (χ1v) is 9.15. The number of aryl methyl sites for hydroxylation is 1. The molecule has 2 aromatic carbocycles. The molecule has 1 aliphatic heterocycles. The molecule has 0 bridgehead atoms. The zero-order valence-electron chi connectivity index (χ0n) is 16.2. The van der Waals surface area contributed by atoms with Crippen molar-refractivity contribution < 1.29 is 23.9 Å². The summed E-state index contributed by atoms with van der Waals surface area (Å²) in [4.78, 5) is 38.9. The highest BCUT2D eigenvalue weighted by Crippen LogP contribution is 2.28. The van der Waals surface area contributed by atoms with E-state index in [4.69, 9.17) is 9.47 Å². The highest BCUT2D eigenvalue weighted by molar-refractivity contribution is 6.02. The van der Waals surface area contributed by atoms with Crippen molar-refractivity contribution in [2.24, 2.45) is 5.92 Å². The maximum Gasteiger partial charge on any atom is 0.312 e. The van der Waals surface area contributed by atoms with Gasteiger partial charge in [0.05, 0.1) is 13.0 Å². The standard InChI is InChI=1S/C22H23NO5/c1-14-7-9-16(10-8-14)21(25)15(2)28-22(26)17-11-20(24)23(13-17)18-5-4-6-19(12-18)27-3/h4-10,12,15,17H,11,13H2,1-3H3/t15-,17+/m1/s1. The molecule has 0 saturated carbocycles. The minimum absolute atomic E-state index is 0.0570. The summed E-state index contributed by atoms with van der Waals surface area (Å²) >= 11 is 0. The van der Waals surface area contributed by atoms with Crippen LogP contribution in [0.4, 0.5) is 5.69 Å². The molecule has 146 valence electrons. The first-order chi connectivity index (χ1) is 13.4. The van der Waals surface area contributed by atoms with Gasteiger partial charge in [-0.05, 0) is 26.0 Å². The summed E-state index contributed by atoms with van der Waals surface area (Å²) in [5, 5.41) is 0. The van der Waals surface area contributed by atoms with Gasteiger partial charge in [-0.2, -0.15) is 0 Å². The van der Waals surface area contributed by atoms with Crippen LogP contribution in [0.1, 0.15) is 29.3 Å². The van der Waals surface area contributed by atoms with Crippen LogP contribution in [0.15, 0.2) is 48.5 Å². The van der Waals surface area contributed by atoms with E-state index in [1.54, 1.807) is 55.3 Å². The molecule has 0 N–H and O–H groups in total. The third-order valence-corrected chi connectivity index (χ3v) is 4.82. The van der Waals surface area contributed by atoms with Crippen molar-refractivity contribution in [1.82, 2.24) is 0 Å². The quantitative estimate of drug-likeness (QED) is 0.568. The lowest BCUT2D eigenvalue weighted by molar-refractivity contribution is -0.151. The van der Waals surface area contributed by atoms with Gasteiger partial charge in [0.2, 0.25) is 11.7 Å². The molecule has 3 rings (SSSR count). The molecule has 0 aliphatic carbocycles. The number of rotatable bonds is 6. The van der Waals surface area contributed by atoms with Gasteiger partial charge in [0, 0.05) is 30.3 Å². The predicted octanol–water partition coefficient (Wildman–Crippen LogP) is 3.17. The molecule has 1 aliphatic rings. The van der Waals surface area contributed by atoms with Crippen LogP contribution in [-0.4, -0.2) is 37.4 Å². The van der Waals surface area contributed by atoms with E-state index in [9.17, 15) is 14.4 Å². The van der Waals surface area contributed by atoms with E-state index in [2.05, 4.69) is 0 Å². The number of ketones is 1.